The molecule has 0 saturated heterocycles. The molecule has 1 aromatic carbocycles. The Morgan fingerprint density at radius 2 is 1.75 bits per heavy atom. The Balaban J connectivity index is 2.47. The van der Waals surface area contributed by atoms with E-state index in [1.54, 1.807) is 0 Å². The lowest BCUT2D eigenvalue weighted by atomic mass is 9.98. The zero-order chi connectivity index (χ0) is 14.8. The molecule has 0 aliphatic rings. The van der Waals surface area contributed by atoms with Crippen LogP contribution in [0.2, 0.25) is 0 Å². The van der Waals surface area contributed by atoms with Crippen molar-refractivity contribution >= 4 is 0 Å². The van der Waals surface area contributed by atoms with Crippen LogP contribution in [0.5, 0.6) is 5.75 Å². The number of benzene rings is 1. The van der Waals surface area contributed by atoms with E-state index in [9.17, 15) is 0 Å². The Bertz CT molecular complexity index is 345. The first-order valence-corrected chi connectivity index (χ1v) is 8.07. The molecule has 2 nitrogen and oxygen atoms in total. The molecule has 0 aliphatic carbocycles. The average Bonchev–Trinajstić information content (AvgIpc) is 2.45. The number of rotatable bonds is 10. The van der Waals surface area contributed by atoms with Gasteiger partial charge in [0.15, 0.2) is 0 Å². The fraction of sp³-hybridized carbons (Fsp3) is 0.667. The number of hydrogen-bond donors (Lipinski definition) is 1. The average molecular weight is 277 g/mol. The minimum atomic E-state index is 0.457. The number of unbranched alkanes of at least 4 members (excludes halogenated alkanes) is 1. The van der Waals surface area contributed by atoms with Crippen LogP contribution in [0.15, 0.2) is 24.3 Å². The number of ether oxygens (including phenoxy) is 1. The Morgan fingerprint density at radius 3 is 2.30 bits per heavy atom. The maximum Gasteiger partial charge on any atom is 0.119 e. The van der Waals surface area contributed by atoms with E-state index in [-0.39, 0.29) is 0 Å². The summed E-state index contributed by atoms with van der Waals surface area (Å²) in [5.41, 5.74) is 1.36. The van der Waals surface area contributed by atoms with Crippen molar-refractivity contribution in [3.8, 4) is 5.75 Å². The van der Waals surface area contributed by atoms with E-state index in [4.69, 9.17) is 4.74 Å². The van der Waals surface area contributed by atoms with Crippen molar-refractivity contribution in [2.45, 2.75) is 58.9 Å². The summed E-state index contributed by atoms with van der Waals surface area (Å²) >= 11 is 0. The second kappa shape index (κ2) is 9.82. The predicted molar refractivity (Wildman–Crippen MR) is 87.3 cm³/mol. The zero-order valence-corrected chi connectivity index (χ0v) is 13.6. The van der Waals surface area contributed by atoms with Crippen LogP contribution < -0.4 is 10.1 Å². The molecular formula is C18H31NO. The highest BCUT2D eigenvalue weighted by Gasteiger charge is 2.09. The molecular weight excluding hydrogens is 246 g/mol. The first kappa shape index (κ1) is 17.0. The minimum Gasteiger partial charge on any atom is -0.494 e. The van der Waals surface area contributed by atoms with E-state index in [0.717, 1.165) is 24.7 Å². The van der Waals surface area contributed by atoms with E-state index in [1.807, 2.05) is 7.05 Å². The van der Waals surface area contributed by atoms with Crippen molar-refractivity contribution in [2.24, 2.45) is 5.92 Å². The summed E-state index contributed by atoms with van der Waals surface area (Å²) in [6.45, 7) is 7.58. The second-order valence-electron chi connectivity index (χ2n) is 5.94. The molecule has 20 heavy (non-hydrogen) atoms. The smallest absolute Gasteiger partial charge is 0.119 e. The molecule has 0 amide bonds. The van der Waals surface area contributed by atoms with Crippen LogP contribution >= 0.6 is 0 Å². The van der Waals surface area contributed by atoms with Gasteiger partial charge in [-0.3, -0.25) is 0 Å². The molecule has 1 unspecified atom stereocenters. The van der Waals surface area contributed by atoms with Gasteiger partial charge in [-0.2, -0.15) is 0 Å². The molecule has 1 N–H and O–H groups in total. The molecule has 0 aromatic heterocycles. The number of nitrogens with one attached hydrogen (secondary N) is 1. The van der Waals surface area contributed by atoms with Gasteiger partial charge in [0.1, 0.15) is 5.75 Å². The minimum absolute atomic E-state index is 0.457. The number of hydrogen-bond acceptors (Lipinski definition) is 2. The second-order valence-corrected chi connectivity index (χ2v) is 5.94. The van der Waals surface area contributed by atoms with E-state index in [0.29, 0.717) is 6.04 Å². The Morgan fingerprint density at radius 1 is 1.05 bits per heavy atom. The van der Waals surface area contributed by atoms with Gasteiger partial charge >= 0.3 is 0 Å². The molecule has 1 rings (SSSR count). The summed E-state index contributed by atoms with van der Waals surface area (Å²) in [5.74, 6) is 1.78. The highest BCUT2D eigenvalue weighted by molar-refractivity contribution is 5.29. The van der Waals surface area contributed by atoms with Crippen LogP contribution in [0, 0.1) is 5.92 Å². The lowest BCUT2D eigenvalue weighted by molar-refractivity contribution is 0.309. The van der Waals surface area contributed by atoms with Gasteiger partial charge in [-0.1, -0.05) is 52.2 Å². The van der Waals surface area contributed by atoms with Gasteiger partial charge in [-0.25, -0.2) is 0 Å². The van der Waals surface area contributed by atoms with Gasteiger partial charge in [0.25, 0.3) is 0 Å². The van der Waals surface area contributed by atoms with Crippen molar-refractivity contribution < 1.29 is 4.74 Å². The molecule has 114 valence electrons. The van der Waals surface area contributed by atoms with Crippen LogP contribution in [-0.2, 0) is 0 Å². The zero-order valence-electron chi connectivity index (χ0n) is 13.6. The molecule has 0 saturated carbocycles. The first-order valence-electron chi connectivity index (χ1n) is 8.07. The van der Waals surface area contributed by atoms with Crippen molar-refractivity contribution in [3.63, 3.8) is 0 Å². The van der Waals surface area contributed by atoms with Gasteiger partial charge in [0.2, 0.25) is 0 Å². The quantitative estimate of drug-likeness (QED) is 0.611. The van der Waals surface area contributed by atoms with Crippen molar-refractivity contribution in [1.29, 1.82) is 0 Å². The molecule has 0 radical (unpaired) electrons. The third kappa shape index (κ3) is 6.42. The molecule has 0 bridgehead atoms. The van der Waals surface area contributed by atoms with Crippen molar-refractivity contribution in [3.05, 3.63) is 29.8 Å². The van der Waals surface area contributed by atoms with E-state index in [2.05, 4.69) is 50.4 Å². The van der Waals surface area contributed by atoms with E-state index >= 15 is 0 Å². The molecule has 1 aromatic rings. The SMILES string of the molecule is CCCCOc1ccc(C(CCCC(C)C)NC)cc1. The Hall–Kier alpha value is -1.02. The highest BCUT2D eigenvalue weighted by atomic mass is 16.5. The summed E-state index contributed by atoms with van der Waals surface area (Å²) in [4.78, 5) is 0. The largest absolute Gasteiger partial charge is 0.494 e. The van der Waals surface area contributed by atoms with Crippen LogP contribution in [0.25, 0.3) is 0 Å². The third-order valence-electron chi connectivity index (χ3n) is 3.67. The molecule has 0 heterocycles. The van der Waals surface area contributed by atoms with Crippen molar-refractivity contribution in [1.82, 2.24) is 5.32 Å². The summed E-state index contributed by atoms with van der Waals surface area (Å²) in [7, 11) is 2.05. The predicted octanol–water partition coefficient (Wildman–Crippen LogP) is 4.95. The lowest BCUT2D eigenvalue weighted by Crippen LogP contribution is -2.16. The molecule has 2 heteroatoms. The first-order chi connectivity index (χ1) is 9.67. The summed E-state index contributed by atoms with van der Waals surface area (Å²) in [6, 6.07) is 9.03. The van der Waals surface area contributed by atoms with Gasteiger partial charge in [0, 0.05) is 6.04 Å². The fourth-order valence-electron chi connectivity index (χ4n) is 2.34. The molecule has 1 atom stereocenters. The van der Waals surface area contributed by atoms with Crippen molar-refractivity contribution in [2.75, 3.05) is 13.7 Å². The highest BCUT2D eigenvalue weighted by Crippen LogP contribution is 2.23. The van der Waals surface area contributed by atoms with Crippen LogP contribution in [0.1, 0.15) is 64.5 Å². The van der Waals surface area contributed by atoms with Gasteiger partial charge < -0.3 is 10.1 Å². The molecule has 0 spiro atoms. The van der Waals surface area contributed by atoms with Crippen LogP contribution in [0.3, 0.4) is 0 Å². The van der Waals surface area contributed by atoms with Crippen LogP contribution in [-0.4, -0.2) is 13.7 Å². The summed E-state index contributed by atoms with van der Waals surface area (Å²) in [5, 5.41) is 3.42. The lowest BCUT2D eigenvalue weighted by Gasteiger charge is -2.17. The van der Waals surface area contributed by atoms with Gasteiger partial charge in [-0.05, 0) is 43.5 Å². The monoisotopic (exact) mass is 277 g/mol. The van der Waals surface area contributed by atoms with Crippen LogP contribution in [0.4, 0.5) is 0 Å². The van der Waals surface area contributed by atoms with E-state index in [1.165, 1.54) is 31.2 Å². The van der Waals surface area contributed by atoms with Gasteiger partial charge in [0.05, 0.1) is 6.61 Å². The standard InChI is InChI=1S/C18H31NO/c1-5-6-14-20-17-12-10-16(11-13-17)18(19-4)9-7-8-15(2)3/h10-13,15,18-19H,5-9,14H2,1-4H3. The molecule has 0 aliphatic heterocycles. The normalized spacial score (nSPS) is 12.7. The third-order valence-corrected chi connectivity index (χ3v) is 3.67. The maximum atomic E-state index is 5.71. The maximum absolute atomic E-state index is 5.71. The fourth-order valence-corrected chi connectivity index (χ4v) is 2.34. The summed E-state index contributed by atoms with van der Waals surface area (Å²) < 4.78 is 5.71. The molecule has 0 fully saturated rings. The topological polar surface area (TPSA) is 21.3 Å². The van der Waals surface area contributed by atoms with Gasteiger partial charge in [-0.15, -0.1) is 0 Å². The Labute approximate surface area is 124 Å². The Kier molecular flexibility index (Phi) is 8.36. The van der Waals surface area contributed by atoms with E-state index < -0.39 is 0 Å². The summed E-state index contributed by atoms with van der Waals surface area (Å²) in [6.07, 6.45) is 6.07.